The molecule has 1 aromatic carbocycles. The Morgan fingerprint density at radius 1 is 1.18 bits per heavy atom. The van der Waals surface area contributed by atoms with E-state index in [0.717, 1.165) is 12.3 Å². The first-order chi connectivity index (χ1) is 10.4. The van der Waals surface area contributed by atoms with E-state index in [2.05, 4.69) is 31.4 Å². The van der Waals surface area contributed by atoms with Crippen LogP contribution in [0, 0.1) is 17.2 Å². The van der Waals surface area contributed by atoms with Gasteiger partial charge in [0.25, 0.3) is 0 Å². The van der Waals surface area contributed by atoms with Crippen molar-refractivity contribution in [2.24, 2.45) is 11.8 Å². The van der Waals surface area contributed by atoms with E-state index in [-0.39, 0.29) is 11.9 Å². The molecule has 2 amide bonds. The van der Waals surface area contributed by atoms with Gasteiger partial charge in [-0.2, -0.15) is 0 Å². The molecule has 5 heteroatoms. The minimum absolute atomic E-state index is 0.253. The van der Waals surface area contributed by atoms with Crippen molar-refractivity contribution in [1.29, 1.82) is 5.41 Å². The number of carbonyl (C=O) groups is 1. The highest BCUT2D eigenvalue weighted by molar-refractivity contribution is 6.30. The highest BCUT2D eigenvalue weighted by Gasteiger charge is 2.10. The zero-order chi connectivity index (χ0) is 16.5. The van der Waals surface area contributed by atoms with E-state index < -0.39 is 0 Å². The molecule has 0 aliphatic heterocycles. The molecule has 0 saturated carbocycles. The lowest BCUT2D eigenvalue weighted by atomic mass is 9.97. The molecule has 0 aromatic heterocycles. The largest absolute Gasteiger partial charge is 0.324 e. The Morgan fingerprint density at radius 2 is 1.82 bits per heavy atom. The van der Waals surface area contributed by atoms with Crippen LogP contribution >= 0.6 is 11.6 Å². The highest BCUT2D eigenvalue weighted by Crippen LogP contribution is 2.15. The van der Waals surface area contributed by atoms with Gasteiger partial charge < -0.3 is 5.32 Å². The SMILES string of the molecule is CC(C)CCCC(C)CC(=N)NC(=O)Nc1ccc(Cl)cc1. The molecule has 3 N–H and O–H groups in total. The average molecular weight is 324 g/mol. The van der Waals surface area contributed by atoms with Gasteiger partial charge in [-0.3, -0.25) is 10.7 Å². The Kier molecular flexibility index (Phi) is 7.96. The van der Waals surface area contributed by atoms with E-state index in [1.165, 1.54) is 12.8 Å². The molecule has 0 fully saturated rings. The molecule has 0 radical (unpaired) electrons. The second kappa shape index (κ2) is 9.46. The predicted molar refractivity (Wildman–Crippen MR) is 93.8 cm³/mol. The van der Waals surface area contributed by atoms with E-state index in [4.69, 9.17) is 17.0 Å². The molecule has 0 aliphatic carbocycles. The van der Waals surface area contributed by atoms with Gasteiger partial charge in [0, 0.05) is 17.1 Å². The van der Waals surface area contributed by atoms with Gasteiger partial charge in [0.05, 0.1) is 0 Å². The summed E-state index contributed by atoms with van der Waals surface area (Å²) < 4.78 is 0. The molecular weight excluding hydrogens is 298 g/mol. The number of hydrogen-bond donors (Lipinski definition) is 3. The number of benzene rings is 1. The number of amidine groups is 1. The number of rotatable bonds is 7. The fourth-order valence-electron chi connectivity index (χ4n) is 2.21. The fraction of sp³-hybridized carbons (Fsp3) is 0.529. The molecule has 0 saturated heterocycles. The first-order valence-electron chi connectivity index (χ1n) is 7.77. The third kappa shape index (κ3) is 8.03. The summed E-state index contributed by atoms with van der Waals surface area (Å²) in [5.74, 6) is 1.38. The van der Waals surface area contributed by atoms with Crippen molar-refractivity contribution < 1.29 is 4.79 Å². The molecule has 0 bridgehead atoms. The summed E-state index contributed by atoms with van der Waals surface area (Å²) in [6, 6.07) is 6.47. The average Bonchev–Trinajstić information content (AvgIpc) is 2.40. The van der Waals surface area contributed by atoms with Crippen LogP contribution in [0.2, 0.25) is 5.02 Å². The van der Waals surface area contributed by atoms with Gasteiger partial charge >= 0.3 is 6.03 Å². The fourth-order valence-corrected chi connectivity index (χ4v) is 2.33. The van der Waals surface area contributed by atoms with E-state index in [1.54, 1.807) is 24.3 Å². The van der Waals surface area contributed by atoms with E-state index >= 15 is 0 Å². The topological polar surface area (TPSA) is 65.0 Å². The number of carbonyl (C=O) groups excluding carboxylic acids is 1. The van der Waals surface area contributed by atoms with Crippen LogP contribution in [-0.4, -0.2) is 11.9 Å². The number of nitrogens with one attached hydrogen (secondary N) is 3. The molecule has 4 nitrogen and oxygen atoms in total. The second-order valence-electron chi connectivity index (χ2n) is 6.20. The molecule has 1 unspecified atom stereocenters. The van der Waals surface area contributed by atoms with Crippen molar-refractivity contribution in [1.82, 2.24) is 5.32 Å². The molecule has 0 aliphatic rings. The first kappa shape index (κ1) is 18.5. The Hall–Kier alpha value is -1.55. The Labute approximate surface area is 138 Å². The number of halogens is 1. The third-order valence-corrected chi connectivity index (χ3v) is 3.65. The molecule has 22 heavy (non-hydrogen) atoms. The van der Waals surface area contributed by atoms with Gasteiger partial charge in [-0.05, 0) is 36.1 Å². The van der Waals surface area contributed by atoms with E-state index in [0.29, 0.717) is 23.0 Å². The van der Waals surface area contributed by atoms with Crippen molar-refractivity contribution in [2.45, 2.75) is 46.5 Å². The van der Waals surface area contributed by atoms with E-state index in [1.807, 2.05) is 0 Å². The van der Waals surface area contributed by atoms with Crippen molar-refractivity contribution >= 4 is 29.2 Å². The maximum atomic E-state index is 11.8. The van der Waals surface area contributed by atoms with Crippen LogP contribution in [0.4, 0.5) is 10.5 Å². The highest BCUT2D eigenvalue weighted by atomic mass is 35.5. The van der Waals surface area contributed by atoms with Crippen molar-refractivity contribution in [3.63, 3.8) is 0 Å². The van der Waals surface area contributed by atoms with Crippen molar-refractivity contribution in [3.05, 3.63) is 29.3 Å². The molecule has 122 valence electrons. The van der Waals surface area contributed by atoms with Crippen LogP contribution in [0.25, 0.3) is 0 Å². The Balaban J connectivity index is 2.28. The van der Waals surface area contributed by atoms with Gasteiger partial charge in [-0.1, -0.05) is 51.6 Å². The van der Waals surface area contributed by atoms with Gasteiger partial charge in [0.2, 0.25) is 0 Å². The van der Waals surface area contributed by atoms with Gasteiger partial charge in [0.1, 0.15) is 5.84 Å². The molecule has 1 aromatic rings. The number of amides is 2. The quantitative estimate of drug-likeness (QED) is 0.463. The summed E-state index contributed by atoms with van der Waals surface area (Å²) in [7, 11) is 0. The van der Waals surface area contributed by atoms with Crippen LogP contribution in [0.1, 0.15) is 46.5 Å². The second-order valence-corrected chi connectivity index (χ2v) is 6.64. The summed E-state index contributed by atoms with van der Waals surface area (Å²) in [6.07, 6.45) is 4.05. The van der Waals surface area contributed by atoms with Crippen LogP contribution < -0.4 is 10.6 Å². The van der Waals surface area contributed by atoms with Crippen LogP contribution in [0.5, 0.6) is 0 Å². The minimum atomic E-state index is -0.387. The van der Waals surface area contributed by atoms with Gasteiger partial charge in [-0.15, -0.1) is 0 Å². The van der Waals surface area contributed by atoms with Gasteiger partial charge in [-0.25, -0.2) is 4.79 Å². The summed E-state index contributed by atoms with van der Waals surface area (Å²) in [5.41, 5.74) is 0.652. The number of hydrogen-bond acceptors (Lipinski definition) is 2. The Morgan fingerprint density at radius 3 is 2.41 bits per heavy atom. The van der Waals surface area contributed by atoms with Crippen molar-refractivity contribution in [2.75, 3.05) is 5.32 Å². The third-order valence-electron chi connectivity index (χ3n) is 3.40. The lowest BCUT2D eigenvalue weighted by Crippen LogP contribution is -2.34. The maximum Gasteiger partial charge on any atom is 0.324 e. The first-order valence-corrected chi connectivity index (χ1v) is 8.15. The standard InChI is InChI=1S/C17H26ClN3O/c1-12(2)5-4-6-13(3)11-16(19)21-17(22)20-15-9-7-14(18)8-10-15/h7-10,12-13H,4-6,11H2,1-3H3,(H3,19,20,21,22). The minimum Gasteiger partial charge on any atom is -0.308 e. The smallest absolute Gasteiger partial charge is 0.308 e. The van der Waals surface area contributed by atoms with Crippen LogP contribution in [-0.2, 0) is 0 Å². The van der Waals surface area contributed by atoms with Gasteiger partial charge in [0.15, 0.2) is 0 Å². The number of anilines is 1. The Bertz CT molecular complexity index is 485. The lowest BCUT2D eigenvalue weighted by Gasteiger charge is -2.14. The van der Waals surface area contributed by atoms with Crippen molar-refractivity contribution in [3.8, 4) is 0 Å². The summed E-state index contributed by atoms with van der Waals surface area (Å²) in [4.78, 5) is 11.8. The molecule has 1 rings (SSSR count). The molecule has 0 heterocycles. The molecule has 1 atom stereocenters. The van der Waals surface area contributed by atoms with Crippen LogP contribution in [0.3, 0.4) is 0 Å². The summed E-state index contributed by atoms with van der Waals surface area (Å²) in [5, 5.41) is 13.8. The monoisotopic (exact) mass is 323 g/mol. The summed E-state index contributed by atoms with van der Waals surface area (Å²) >= 11 is 5.79. The van der Waals surface area contributed by atoms with Crippen LogP contribution in [0.15, 0.2) is 24.3 Å². The van der Waals surface area contributed by atoms with E-state index in [9.17, 15) is 4.79 Å². The lowest BCUT2D eigenvalue weighted by molar-refractivity contribution is 0.256. The number of urea groups is 1. The molecular formula is C17H26ClN3O. The maximum absolute atomic E-state index is 11.8. The zero-order valence-electron chi connectivity index (χ0n) is 13.6. The molecule has 0 spiro atoms. The normalized spacial score (nSPS) is 12.0. The predicted octanol–water partition coefficient (Wildman–Crippen LogP) is 5.29. The summed E-state index contributed by atoms with van der Waals surface area (Å²) in [6.45, 7) is 6.55. The zero-order valence-corrected chi connectivity index (χ0v) is 14.3.